The third-order valence-corrected chi connectivity index (χ3v) is 5.17. The summed E-state index contributed by atoms with van der Waals surface area (Å²) in [7, 11) is 0. The van der Waals surface area contributed by atoms with Crippen molar-refractivity contribution in [2.24, 2.45) is 0 Å². The quantitative estimate of drug-likeness (QED) is 0.104. The molecule has 0 aromatic rings. The van der Waals surface area contributed by atoms with Crippen LogP contribution >= 0.6 is 0 Å². The van der Waals surface area contributed by atoms with Gasteiger partial charge in [-0.05, 0) is 74.7 Å². The van der Waals surface area contributed by atoms with Crippen LogP contribution in [0, 0.1) is 6.92 Å². The average molecular weight is 730 g/mol. The fourth-order valence-electron chi connectivity index (χ4n) is 3.32. The zero-order chi connectivity index (χ0) is 34.5. The van der Waals surface area contributed by atoms with Gasteiger partial charge in [0.2, 0.25) is 5.91 Å². The Morgan fingerprint density at radius 2 is 1.48 bits per heavy atom. The first-order valence-electron chi connectivity index (χ1n) is 14.8. The Morgan fingerprint density at radius 3 is 1.91 bits per heavy atom. The van der Waals surface area contributed by atoms with E-state index in [2.05, 4.69) is 25.4 Å². The summed E-state index contributed by atoms with van der Waals surface area (Å²) in [6.07, 6.45) is 4.57. The zero-order valence-corrected chi connectivity index (χ0v) is 31.9. The summed E-state index contributed by atoms with van der Waals surface area (Å²) in [5.41, 5.74) is -1.37. The number of alkyl carbamates (subject to hydrolysis) is 1. The molecule has 12 nitrogen and oxygen atoms in total. The second kappa shape index (κ2) is 26.6. The van der Waals surface area contributed by atoms with Crippen LogP contribution in [0.25, 0.3) is 0 Å². The Morgan fingerprint density at radius 1 is 0.957 bits per heavy atom. The van der Waals surface area contributed by atoms with Crippen LogP contribution < -0.4 is 22.3 Å². The number of imide groups is 1. The van der Waals surface area contributed by atoms with Crippen molar-refractivity contribution < 1.29 is 64.7 Å². The van der Waals surface area contributed by atoms with Gasteiger partial charge in [-0.1, -0.05) is 6.08 Å². The molecular formula is C32H53BrMgN2O10. The minimum Gasteiger partial charge on any atom is -1.00 e. The molecule has 1 aliphatic heterocycles. The van der Waals surface area contributed by atoms with E-state index in [0.717, 1.165) is 11.3 Å². The number of likely N-dealkylation sites (tertiary alicyclic amines) is 1. The van der Waals surface area contributed by atoms with Gasteiger partial charge in [-0.2, -0.15) is 6.42 Å². The van der Waals surface area contributed by atoms with Crippen LogP contribution in [-0.4, -0.2) is 100 Å². The first kappa shape index (κ1) is 50.4. The van der Waals surface area contributed by atoms with Gasteiger partial charge in [-0.25, -0.2) is 24.1 Å². The molecule has 1 rings (SSSR count). The third kappa shape index (κ3) is 24.7. The van der Waals surface area contributed by atoms with Gasteiger partial charge in [-0.15, -0.1) is 19.2 Å². The van der Waals surface area contributed by atoms with E-state index in [1.807, 2.05) is 0 Å². The van der Waals surface area contributed by atoms with Crippen molar-refractivity contribution >= 4 is 58.9 Å². The Bertz CT molecular complexity index is 977. The Labute approximate surface area is 301 Å². The minimum absolute atomic E-state index is 0. The van der Waals surface area contributed by atoms with Crippen molar-refractivity contribution in [2.75, 3.05) is 13.2 Å². The minimum atomic E-state index is -0.887. The van der Waals surface area contributed by atoms with E-state index in [1.54, 1.807) is 67.5 Å². The maximum Gasteiger partial charge on any atom is 2.00 e. The molecule has 1 fully saturated rings. The molecule has 0 saturated carbocycles. The summed E-state index contributed by atoms with van der Waals surface area (Å²) in [6, 6.07) is -1.74. The van der Waals surface area contributed by atoms with Crippen LogP contribution in [0.1, 0.15) is 100 Å². The largest absolute Gasteiger partial charge is 2.00 e. The van der Waals surface area contributed by atoms with Crippen molar-refractivity contribution in [3.8, 4) is 0 Å². The summed E-state index contributed by atoms with van der Waals surface area (Å²) in [5.74, 6) is -1.51. The molecule has 46 heavy (non-hydrogen) atoms. The predicted molar refractivity (Wildman–Crippen MR) is 172 cm³/mol. The van der Waals surface area contributed by atoms with Gasteiger partial charge in [-0.3, -0.25) is 9.59 Å². The first-order chi connectivity index (χ1) is 20.4. The number of allylic oxidation sites excluding steroid dienone is 2. The van der Waals surface area contributed by atoms with Crippen molar-refractivity contribution in [3.63, 3.8) is 0 Å². The van der Waals surface area contributed by atoms with Crippen molar-refractivity contribution in [2.45, 2.75) is 124 Å². The Balaban J connectivity index is -0.000000334. The molecule has 0 aromatic heterocycles. The first-order valence-corrected chi connectivity index (χ1v) is 14.8. The van der Waals surface area contributed by atoms with Gasteiger partial charge in [0.05, 0.1) is 13.2 Å². The summed E-state index contributed by atoms with van der Waals surface area (Å²) in [6.45, 7) is 24.5. The second-order valence-corrected chi connectivity index (χ2v) is 11.5. The van der Waals surface area contributed by atoms with Crippen LogP contribution in [0.4, 0.5) is 9.59 Å². The summed E-state index contributed by atoms with van der Waals surface area (Å²) >= 11 is 0. The Kier molecular flexibility index (Phi) is 29.1. The number of esters is 2. The van der Waals surface area contributed by atoms with Gasteiger partial charge < -0.3 is 48.2 Å². The fraction of sp³-hybridized carbons (Fsp3) is 0.656. The number of rotatable bonds is 12. The topological polar surface area (TPSA) is 155 Å². The standard InChI is InChI=1S/C16H27NO5.C12H19NO5.C4H7.BrH.Mg/c1-6-8-9-12(18)10-11-13(14(19)21-7-2)17-15(20)22-16(3,4)5;1-5-17-10(15)8-6-7-9(14)13(8)11(16)18-12(2,3)4;1-3-4-2;;/h6,13H,1,7-11H2,2-5H3,(H,17,20);8H,5-7H2,1-4H3;3H,1-2,4H2;1H;/q;;-1;;+2/p-1/t13-;8-;;;/m10.../s1. The van der Waals surface area contributed by atoms with Crippen LogP contribution in [0.2, 0.25) is 0 Å². The van der Waals surface area contributed by atoms with E-state index < -0.39 is 53.3 Å². The monoisotopic (exact) mass is 728 g/mol. The molecule has 14 heteroatoms. The van der Waals surface area contributed by atoms with Gasteiger partial charge in [0.1, 0.15) is 29.1 Å². The molecule has 1 heterocycles. The summed E-state index contributed by atoms with van der Waals surface area (Å²) in [5, 5.41) is 2.46. The van der Waals surface area contributed by atoms with Crippen molar-refractivity contribution in [1.82, 2.24) is 10.2 Å². The van der Waals surface area contributed by atoms with E-state index in [1.165, 1.54) is 0 Å². The normalized spacial score (nSPS) is 14.2. The molecule has 0 aromatic carbocycles. The number of halogens is 1. The maximum atomic E-state index is 11.9. The third-order valence-electron chi connectivity index (χ3n) is 5.17. The molecule has 0 radical (unpaired) electrons. The molecule has 1 N–H and O–H groups in total. The molecule has 2 atom stereocenters. The van der Waals surface area contributed by atoms with Crippen LogP contribution in [0.3, 0.4) is 0 Å². The van der Waals surface area contributed by atoms with E-state index in [0.29, 0.717) is 12.8 Å². The van der Waals surface area contributed by atoms with E-state index in [4.69, 9.17) is 18.9 Å². The SMILES string of the molecule is C=CCCC(=O)CC[C@@H](NC(=O)OC(C)(C)C)C(=O)OCC.C=CC[CH2-].CCOC(=O)[C@@H]1CCC(=O)N1C(=O)OC(C)(C)C.[Br-].[Mg+2]. The number of nitrogens with one attached hydrogen (secondary N) is 1. The van der Waals surface area contributed by atoms with E-state index in [-0.39, 0.29) is 84.7 Å². The molecule has 0 spiro atoms. The number of ketones is 1. The van der Waals surface area contributed by atoms with Crippen molar-refractivity contribution in [1.29, 1.82) is 0 Å². The predicted octanol–water partition coefficient (Wildman–Crippen LogP) is 2.25. The number of hydrogen-bond donors (Lipinski definition) is 1. The van der Waals surface area contributed by atoms with Crippen molar-refractivity contribution in [3.05, 3.63) is 32.2 Å². The van der Waals surface area contributed by atoms with Gasteiger partial charge in [0, 0.05) is 19.3 Å². The maximum absolute atomic E-state index is 11.9. The van der Waals surface area contributed by atoms with Crippen LogP contribution in [0.15, 0.2) is 25.3 Å². The second-order valence-electron chi connectivity index (χ2n) is 11.5. The number of amides is 3. The number of Topliss-reactive ketones (excluding diaryl/α,β-unsaturated/α-hetero) is 1. The number of ether oxygens (including phenoxy) is 4. The molecule has 0 bridgehead atoms. The number of carbonyl (C=O) groups is 6. The molecule has 1 aliphatic rings. The summed E-state index contributed by atoms with van der Waals surface area (Å²) in [4.78, 5) is 71.3. The van der Waals surface area contributed by atoms with E-state index in [9.17, 15) is 28.8 Å². The molecule has 260 valence electrons. The van der Waals surface area contributed by atoms with Gasteiger partial charge in [0.15, 0.2) is 0 Å². The molecule has 0 unspecified atom stereocenters. The van der Waals surface area contributed by atoms with Gasteiger partial charge >= 0.3 is 47.2 Å². The molecule has 3 amide bonds. The molecule has 1 saturated heterocycles. The van der Waals surface area contributed by atoms with Gasteiger partial charge in [0.25, 0.3) is 0 Å². The fourth-order valence-corrected chi connectivity index (χ4v) is 3.32. The summed E-state index contributed by atoms with van der Waals surface area (Å²) < 4.78 is 20.0. The number of hydrogen-bond acceptors (Lipinski definition) is 10. The van der Waals surface area contributed by atoms with E-state index >= 15 is 0 Å². The molecule has 0 aliphatic carbocycles. The molecular weight excluding hydrogens is 677 g/mol. The number of carbonyl (C=O) groups excluding carboxylic acids is 6. The van der Waals surface area contributed by atoms with Crippen LogP contribution in [0.5, 0.6) is 0 Å². The smallest absolute Gasteiger partial charge is 1.00 e. The Hall–Kier alpha value is -2.45. The average Bonchev–Trinajstić information content (AvgIpc) is 3.30. The number of nitrogens with zero attached hydrogens (tertiary/aromatic N) is 1. The zero-order valence-electron chi connectivity index (χ0n) is 28.9. The van der Waals surface area contributed by atoms with Crippen LogP contribution in [-0.2, 0) is 38.1 Å².